The number of benzene rings is 4. The van der Waals surface area contributed by atoms with Gasteiger partial charge in [-0.25, -0.2) is 4.44 Å². The molecule has 2 aliphatic rings. The molecule has 1 saturated carbocycles. The molecule has 0 aromatic heterocycles. The second-order valence-corrected chi connectivity index (χ2v) is 14.9. The second-order valence-electron chi connectivity index (χ2n) is 10.1. The van der Waals surface area contributed by atoms with Crippen LogP contribution in [0.5, 0.6) is 0 Å². The number of rotatable bonds is 7. The molecule has 0 spiro atoms. The van der Waals surface area contributed by atoms with Crippen molar-refractivity contribution in [3.8, 4) is 0 Å². The lowest BCUT2D eigenvalue weighted by Crippen LogP contribution is -2.33. The lowest BCUT2D eigenvalue weighted by molar-refractivity contribution is 0.499. The number of hydrogen-bond acceptors (Lipinski definition) is 1. The van der Waals surface area contributed by atoms with E-state index in [-0.39, 0.29) is 0 Å². The lowest BCUT2D eigenvalue weighted by Gasteiger charge is -2.46. The fourth-order valence-electron chi connectivity index (χ4n) is 6.19. The molecule has 6 rings (SSSR count). The summed E-state index contributed by atoms with van der Waals surface area (Å²) in [5.41, 5.74) is 4.32. The van der Waals surface area contributed by atoms with E-state index in [1.54, 1.807) is 11.1 Å². The minimum atomic E-state index is -0.608. The normalized spacial score (nSPS) is 22.4. The summed E-state index contributed by atoms with van der Waals surface area (Å²) in [6.45, 7) is 0. The van der Waals surface area contributed by atoms with Gasteiger partial charge in [0.05, 0.1) is 0 Å². The summed E-state index contributed by atoms with van der Waals surface area (Å²) in [4.78, 5) is 0. The molecule has 4 aromatic carbocycles. The van der Waals surface area contributed by atoms with Gasteiger partial charge in [0.2, 0.25) is 0 Å². The zero-order chi connectivity index (χ0) is 24.2. The highest BCUT2D eigenvalue weighted by Gasteiger charge is 2.47. The van der Waals surface area contributed by atoms with E-state index in [2.05, 4.69) is 126 Å². The molecule has 0 radical (unpaired) electrons. The Balaban J connectivity index is 1.53. The summed E-state index contributed by atoms with van der Waals surface area (Å²) in [5.74, 6) is 0. The van der Waals surface area contributed by atoms with Crippen molar-refractivity contribution in [1.82, 2.24) is 4.44 Å². The number of hydrogen-bond donors (Lipinski definition) is 0. The molecule has 182 valence electrons. The zero-order valence-electron chi connectivity index (χ0n) is 20.9. The van der Waals surface area contributed by atoms with Crippen LogP contribution in [0.1, 0.15) is 61.0 Å². The zero-order valence-corrected chi connectivity index (χ0v) is 22.7. The maximum Gasteiger partial charge on any atom is 0.0321 e. The summed E-state index contributed by atoms with van der Waals surface area (Å²) < 4.78 is 3.13. The van der Waals surface area contributed by atoms with Gasteiger partial charge in [-0.15, -0.1) is 0 Å². The third-order valence-electron chi connectivity index (χ3n) is 7.82. The van der Waals surface area contributed by atoms with Crippen LogP contribution in [0.25, 0.3) is 0 Å². The Bertz CT molecular complexity index is 1120. The van der Waals surface area contributed by atoms with Crippen molar-refractivity contribution in [3.63, 3.8) is 0 Å². The molecule has 1 saturated heterocycles. The smallest absolute Gasteiger partial charge is 0.0321 e. The molecule has 0 amide bonds. The van der Waals surface area contributed by atoms with Crippen molar-refractivity contribution in [1.29, 1.82) is 0 Å². The van der Waals surface area contributed by atoms with Gasteiger partial charge < -0.3 is 0 Å². The first-order valence-electron chi connectivity index (χ1n) is 13.5. The van der Waals surface area contributed by atoms with Crippen LogP contribution in [0.4, 0.5) is 0 Å². The van der Waals surface area contributed by atoms with Crippen LogP contribution in [0.2, 0.25) is 0 Å². The highest BCUT2D eigenvalue weighted by Crippen LogP contribution is 2.77. The molecule has 3 heteroatoms. The molecular formula is C33H35NP2. The van der Waals surface area contributed by atoms with E-state index in [9.17, 15) is 0 Å². The average molecular weight is 508 g/mol. The van der Waals surface area contributed by atoms with E-state index in [0.717, 1.165) is 0 Å². The second kappa shape index (κ2) is 11.4. The summed E-state index contributed by atoms with van der Waals surface area (Å²) >= 11 is 0. The Morgan fingerprint density at radius 3 is 1.31 bits per heavy atom. The van der Waals surface area contributed by atoms with Gasteiger partial charge in [-0.3, -0.25) is 0 Å². The maximum atomic E-state index is 3.13. The van der Waals surface area contributed by atoms with E-state index < -0.39 is 16.1 Å². The highest BCUT2D eigenvalue weighted by atomic mass is 31.2. The van der Waals surface area contributed by atoms with Crippen LogP contribution in [-0.4, -0.2) is 10.5 Å². The minimum absolute atomic E-state index is 0.423. The fraction of sp³-hybridized carbons (Fsp3) is 0.273. The molecule has 4 aromatic rings. The highest BCUT2D eigenvalue weighted by molar-refractivity contribution is 7.79. The van der Waals surface area contributed by atoms with Crippen LogP contribution < -0.4 is 10.6 Å². The van der Waals surface area contributed by atoms with Gasteiger partial charge in [0.15, 0.2) is 0 Å². The van der Waals surface area contributed by atoms with Gasteiger partial charge in [-0.1, -0.05) is 134 Å². The Kier molecular flexibility index (Phi) is 7.62. The van der Waals surface area contributed by atoms with Crippen LogP contribution in [-0.2, 0) is 0 Å². The first-order chi connectivity index (χ1) is 17.9. The van der Waals surface area contributed by atoms with E-state index in [4.69, 9.17) is 0 Å². The Labute approximate surface area is 219 Å². The van der Waals surface area contributed by atoms with E-state index in [1.807, 2.05) is 0 Å². The van der Waals surface area contributed by atoms with Crippen LogP contribution >= 0.6 is 16.1 Å². The molecule has 36 heavy (non-hydrogen) atoms. The summed E-state index contributed by atoms with van der Waals surface area (Å²) in [6.07, 6.45) is 7.96. The average Bonchev–Trinajstić information content (AvgIpc) is 3.65. The predicted octanol–water partition coefficient (Wildman–Crippen LogP) is 8.95. The molecule has 1 aliphatic heterocycles. The maximum absolute atomic E-state index is 3.13. The molecule has 0 bridgehead atoms. The monoisotopic (exact) mass is 507 g/mol. The standard InChI is InChI=1S/C33H35NP2/c1-5-15-27(16-6-1)32-25-26-33(28-17-7-2-8-18-28)36(32)34(29-19-13-14-20-29)35(30-21-9-3-10-22-30)31-23-11-4-12-24-31/h1-12,15-18,21-24,29,32-33H,13-14,19-20,25-26H2. The Morgan fingerprint density at radius 2 is 0.889 bits per heavy atom. The topological polar surface area (TPSA) is 3.24 Å². The fourth-order valence-corrected chi connectivity index (χ4v) is 14.0. The molecule has 1 nitrogen and oxygen atoms in total. The van der Waals surface area contributed by atoms with Crippen molar-refractivity contribution in [2.75, 3.05) is 0 Å². The first-order valence-corrected chi connectivity index (χ1v) is 16.2. The lowest BCUT2D eigenvalue weighted by atomic mass is 10.0. The third kappa shape index (κ3) is 4.95. The summed E-state index contributed by atoms with van der Waals surface area (Å²) in [6, 6.07) is 46.4. The van der Waals surface area contributed by atoms with Crippen LogP contribution in [0.3, 0.4) is 0 Å². The van der Waals surface area contributed by atoms with Gasteiger partial charge in [0, 0.05) is 25.4 Å². The summed E-state index contributed by atoms with van der Waals surface area (Å²) in [5, 5.41) is 3.00. The molecular weight excluding hydrogens is 472 g/mol. The van der Waals surface area contributed by atoms with Crippen molar-refractivity contribution < 1.29 is 0 Å². The van der Waals surface area contributed by atoms with Gasteiger partial charge in [0.25, 0.3) is 0 Å². The Hall–Kier alpha value is -2.30. The van der Waals surface area contributed by atoms with Gasteiger partial charge in [0.1, 0.15) is 0 Å². The predicted molar refractivity (Wildman–Crippen MR) is 158 cm³/mol. The van der Waals surface area contributed by atoms with Crippen LogP contribution in [0.15, 0.2) is 121 Å². The third-order valence-corrected chi connectivity index (χ3v) is 14.5. The SMILES string of the molecule is c1ccc(C2CCC(c3ccccc3)P2N(C2CCCC2)P(c2ccccc2)c2ccccc2)cc1. The first kappa shape index (κ1) is 24.1. The van der Waals surface area contributed by atoms with Crippen molar-refractivity contribution >= 4 is 26.8 Å². The van der Waals surface area contributed by atoms with Crippen LogP contribution in [0, 0.1) is 0 Å². The molecule has 1 heterocycles. The molecule has 1 aliphatic carbocycles. The van der Waals surface area contributed by atoms with Gasteiger partial charge >= 0.3 is 0 Å². The van der Waals surface area contributed by atoms with E-state index >= 15 is 0 Å². The molecule has 2 unspecified atom stereocenters. The van der Waals surface area contributed by atoms with Crippen molar-refractivity contribution in [2.24, 2.45) is 0 Å². The molecule has 2 atom stereocenters. The molecule has 2 fully saturated rings. The quantitative estimate of drug-likeness (QED) is 0.226. The minimum Gasteiger partial charge on any atom is -0.248 e. The van der Waals surface area contributed by atoms with E-state index in [1.165, 1.54) is 49.1 Å². The summed E-state index contributed by atoms with van der Waals surface area (Å²) in [7, 11) is -1.03. The van der Waals surface area contributed by atoms with E-state index in [0.29, 0.717) is 17.4 Å². The largest absolute Gasteiger partial charge is 0.248 e. The van der Waals surface area contributed by atoms with Crippen molar-refractivity contribution in [2.45, 2.75) is 55.9 Å². The van der Waals surface area contributed by atoms with Gasteiger partial charge in [-0.2, -0.15) is 0 Å². The van der Waals surface area contributed by atoms with Gasteiger partial charge in [-0.05, 0) is 55.5 Å². The van der Waals surface area contributed by atoms with Crippen molar-refractivity contribution in [3.05, 3.63) is 132 Å². The number of nitrogens with zero attached hydrogens (tertiary/aromatic N) is 1. The molecule has 0 N–H and O–H groups in total. The Morgan fingerprint density at radius 1 is 0.500 bits per heavy atom.